The van der Waals surface area contributed by atoms with E-state index >= 15 is 0 Å². The van der Waals surface area contributed by atoms with Gasteiger partial charge >= 0.3 is 0 Å². The summed E-state index contributed by atoms with van der Waals surface area (Å²) in [6, 6.07) is 5.31. The highest BCUT2D eigenvalue weighted by molar-refractivity contribution is 7.13. The van der Waals surface area contributed by atoms with Crippen molar-refractivity contribution in [2.45, 2.75) is 0 Å². The second-order valence-corrected chi connectivity index (χ2v) is 4.55. The van der Waals surface area contributed by atoms with E-state index in [-0.39, 0.29) is 5.82 Å². The summed E-state index contributed by atoms with van der Waals surface area (Å²) in [6.45, 7) is 0. The van der Waals surface area contributed by atoms with Crippen molar-refractivity contribution < 1.29 is 8.91 Å². The Morgan fingerprint density at radius 3 is 2.94 bits per heavy atom. The van der Waals surface area contributed by atoms with Crippen LogP contribution in [0.3, 0.4) is 0 Å². The monoisotopic (exact) mass is 261 g/mol. The average molecular weight is 261 g/mol. The summed E-state index contributed by atoms with van der Waals surface area (Å²) in [5.41, 5.74) is 6.71. The van der Waals surface area contributed by atoms with Crippen LogP contribution in [-0.2, 0) is 0 Å². The van der Waals surface area contributed by atoms with E-state index in [1.54, 1.807) is 0 Å². The van der Waals surface area contributed by atoms with Gasteiger partial charge in [0.25, 0.3) is 0 Å². The highest BCUT2D eigenvalue weighted by Crippen LogP contribution is 2.39. The number of thiophene rings is 1. The zero-order chi connectivity index (χ0) is 12.5. The van der Waals surface area contributed by atoms with E-state index in [9.17, 15) is 4.39 Å². The zero-order valence-corrected chi connectivity index (χ0v) is 9.95. The van der Waals surface area contributed by atoms with Crippen molar-refractivity contribution in [3.8, 4) is 21.8 Å². The Morgan fingerprint density at radius 1 is 1.33 bits per heavy atom. The lowest BCUT2D eigenvalue weighted by atomic mass is 10.1. The van der Waals surface area contributed by atoms with Gasteiger partial charge in [-0.2, -0.15) is 0 Å². The number of anilines is 1. The van der Waals surface area contributed by atoms with Gasteiger partial charge in [0.05, 0.1) is 17.3 Å². The maximum Gasteiger partial charge on any atom is 0.180 e. The second-order valence-electron chi connectivity index (χ2n) is 3.60. The number of hydrogen-bond donors (Lipinski definition) is 1. The molecule has 0 aliphatic carbocycles. The molecule has 0 unspecified atom stereocenters. The van der Waals surface area contributed by atoms with Gasteiger partial charge in [-0.05, 0) is 17.5 Å². The Morgan fingerprint density at radius 2 is 2.22 bits per heavy atom. The van der Waals surface area contributed by atoms with Crippen molar-refractivity contribution in [2.75, 3.05) is 5.73 Å². The van der Waals surface area contributed by atoms with Gasteiger partial charge in [-0.25, -0.2) is 4.39 Å². The number of nitrogen functional groups attached to an aromatic ring is 1. The molecule has 0 radical (unpaired) electrons. The van der Waals surface area contributed by atoms with Crippen LogP contribution in [0.5, 0.6) is 0 Å². The summed E-state index contributed by atoms with van der Waals surface area (Å²) in [5.74, 6) is 0.116. The highest BCUT2D eigenvalue weighted by atomic mass is 32.1. The molecule has 6 heteroatoms. The molecule has 0 atom stereocenters. The third kappa shape index (κ3) is 1.67. The minimum atomic E-state index is -0.466. The predicted molar refractivity (Wildman–Crippen MR) is 67.4 cm³/mol. The first kappa shape index (κ1) is 10.9. The fourth-order valence-corrected chi connectivity index (χ4v) is 2.48. The first-order valence-electron chi connectivity index (χ1n) is 5.16. The van der Waals surface area contributed by atoms with Crippen molar-refractivity contribution in [3.05, 3.63) is 41.8 Å². The van der Waals surface area contributed by atoms with Crippen molar-refractivity contribution in [1.29, 1.82) is 0 Å². The van der Waals surface area contributed by atoms with Crippen LogP contribution in [0.4, 0.5) is 10.2 Å². The molecular formula is C12H8FN3OS. The molecule has 3 aromatic rings. The summed E-state index contributed by atoms with van der Waals surface area (Å²) < 4.78 is 18.9. The average Bonchev–Trinajstić information content (AvgIpc) is 2.98. The van der Waals surface area contributed by atoms with E-state index in [0.29, 0.717) is 16.9 Å². The van der Waals surface area contributed by atoms with Crippen LogP contribution >= 0.6 is 11.3 Å². The smallest absolute Gasteiger partial charge is 0.180 e. The fourth-order valence-electron chi connectivity index (χ4n) is 1.70. The largest absolute Gasteiger partial charge is 0.380 e. The topological polar surface area (TPSA) is 64.9 Å². The molecule has 18 heavy (non-hydrogen) atoms. The molecule has 4 nitrogen and oxygen atoms in total. The maximum absolute atomic E-state index is 13.7. The number of pyridine rings is 1. The van der Waals surface area contributed by atoms with Crippen LogP contribution in [0.2, 0.25) is 0 Å². The van der Waals surface area contributed by atoms with Gasteiger partial charge < -0.3 is 10.3 Å². The molecule has 0 spiro atoms. The molecule has 3 rings (SSSR count). The summed E-state index contributed by atoms with van der Waals surface area (Å²) in [5, 5.41) is 5.62. The molecule has 3 aromatic heterocycles. The lowest BCUT2D eigenvalue weighted by Gasteiger charge is -2.00. The van der Waals surface area contributed by atoms with Gasteiger partial charge in [0.15, 0.2) is 17.4 Å². The minimum absolute atomic E-state index is 0.253. The molecule has 0 fully saturated rings. The number of rotatable bonds is 2. The van der Waals surface area contributed by atoms with E-state index in [1.807, 2.05) is 17.5 Å². The lowest BCUT2D eigenvalue weighted by molar-refractivity contribution is 0.433. The van der Waals surface area contributed by atoms with Gasteiger partial charge in [0, 0.05) is 11.1 Å². The molecule has 3 heterocycles. The maximum atomic E-state index is 13.7. The predicted octanol–water partition coefficient (Wildman–Crippen LogP) is 3.19. The highest BCUT2D eigenvalue weighted by Gasteiger charge is 2.20. The van der Waals surface area contributed by atoms with Crippen LogP contribution in [0.1, 0.15) is 0 Å². The molecule has 0 amide bonds. The van der Waals surface area contributed by atoms with Crippen LogP contribution in [0, 0.1) is 5.82 Å². The SMILES string of the molecule is Nc1noc(-c2ccncc2F)c1-c1cccs1. The van der Waals surface area contributed by atoms with E-state index < -0.39 is 5.82 Å². The first-order chi connectivity index (χ1) is 8.77. The summed E-state index contributed by atoms with van der Waals surface area (Å²) >= 11 is 1.49. The Bertz CT molecular complexity index is 678. The Kier molecular flexibility index (Phi) is 2.56. The summed E-state index contributed by atoms with van der Waals surface area (Å²) in [6.07, 6.45) is 2.63. The third-order valence-corrected chi connectivity index (χ3v) is 3.39. The van der Waals surface area contributed by atoms with Crippen LogP contribution in [-0.4, -0.2) is 10.1 Å². The summed E-state index contributed by atoms with van der Waals surface area (Å²) in [4.78, 5) is 4.59. The molecule has 0 aromatic carbocycles. The molecule has 2 N–H and O–H groups in total. The normalized spacial score (nSPS) is 10.7. The number of halogens is 1. The molecule has 0 aliphatic rings. The van der Waals surface area contributed by atoms with Gasteiger partial charge in [0.2, 0.25) is 0 Å². The fraction of sp³-hybridized carbons (Fsp3) is 0. The molecule has 0 bridgehead atoms. The van der Waals surface area contributed by atoms with Gasteiger partial charge in [-0.3, -0.25) is 4.98 Å². The van der Waals surface area contributed by atoms with Crippen LogP contribution in [0.25, 0.3) is 21.8 Å². The van der Waals surface area contributed by atoms with Gasteiger partial charge in [-0.15, -0.1) is 11.3 Å². The van der Waals surface area contributed by atoms with Crippen molar-refractivity contribution in [1.82, 2.24) is 10.1 Å². The Labute approximate surface area is 106 Å². The Hall–Kier alpha value is -2.21. The molecule has 0 saturated heterocycles. The number of nitrogens with zero attached hydrogens (tertiary/aromatic N) is 2. The standard InChI is InChI=1S/C12H8FN3OS/c13-8-6-15-4-3-7(8)11-10(12(14)16-17-11)9-2-1-5-18-9/h1-6H,(H2,14,16). The van der Waals surface area contributed by atoms with E-state index in [0.717, 1.165) is 11.1 Å². The zero-order valence-electron chi connectivity index (χ0n) is 9.13. The van der Waals surface area contributed by atoms with E-state index in [2.05, 4.69) is 10.1 Å². The van der Waals surface area contributed by atoms with Gasteiger partial charge in [0.1, 0.15) is 0 Å². The number of nitrogens with two attached hydrogens (primary N) is 1. The lowest BCUT2D eigenvalue weighted by Crippen LogP contribution is -1.89. The van der Waals surface area contributed by atoms with Crippen LogP contribution in [0.15, 0.2) is 40.5 Å². The van der Waals surface area contributed by atoms with E-state index in [1.165, 1.54) is 23.6 Å². The minimum Gasteiger partial charge on any atom is -0.380 e. The van der Waals surface area contributed by atoms with Crippen molar-refractivity contribution in [3.63, 3.8) is 0 Å². The van der Waals surface area contributed by atoms with Gasteiger partial charge in [-0.1, -0.05) is 11.2 Å². The number of hydrogen-bond acceptors (Lipinski definition) is 5. The Balaban J connectivity index is 2.23. The molecular weight excluding hydrogens is 253 g/mol. The second kappa shape index (κ2) is 4.23. The summed E-state index contributed by atoms with van der Waals surface area (Å²) in [7, 11) is 0. The molecule has 90 valence electrons. The van der Waals surface area contributed by atoms with E-state index in [4.69, 9.17) is 10.3 Å². The quantitative estimate of drug-likeness (QED) is 0.769. The first-order valence-corrected chi connectivity index (χ1v) is 6.04. The molecule has 0 saturated carbocycles. The van der Waals surface area contributed by atoms with Crippen LogP contribution < -0.4 is 5.73 Å². The van der Waals surface area contributed by atoms with Crippen molar-refractivity contribution >= 4 is 17.2 Å². The third-order valence-electron chi connectivity index (χ3n) is 2.50. The van der Waals surface area contributed by atoms with Crippen molar-refractivity contribution in [2.24, 2.45) is 0 Å². The number of aromatic nitrogens is 2. The molecule has 0 aliphatic heterocycles.